The Bertz CT molecular complexity index is 2090. The van der Waals surface area contributed by atoms with Gasteiger partial charge in [0.15, 0.2) is 4.80 Å². The highest BCUT2D eigenvalue weighted by Crippen LogP contribution is 2.32. The fourth-order valence-corrected chi connectivity index (χ4v) is 6.45. The third-order valence-corrected chi connectivity index (χ3v) is 8.51. The number of nitrogens with zero attached hydrogens (tertiary/aromatic N) is 2. The molecule has 0 amide bonds. The third-order valence-electron chi connectivity index (χ3n) is 7.52. The number of benzene rings is 4. The fourth-order valence-electron chi connectivity index (χ4n) is 5.43. The molecule has 0 radical (unpaired) electrons. The Balaban J connectivity index is 1.50. The zero-order valence-corrected chi connectivity index (χ0v) is 25.9. The van der Waals surface area contributed by atoms with E-state index in [9.17, 15) is 9.59 Å². The summed E-state index contributed by atoms with van der Waals surface area (Å²) in [6.45, 7) is 8.18. The summed E-state index contributed by atoms with van der Waals surface area (Å²) in [6, 6.07) is 28.6. The SMILES string of the molecule is C=CCOc1ccc([C@H]2C(C(=O)OCC)=C(C)N=c3s/c(=C\c4c(OCc5ccccc5)ccc5ccccc45)c(=O)n32)cc1. The summed E-state index contributed by atoms with van der Waals surface area (Å²) in [5.41, 5.74) is 3.16. The van der Waals surface area contributed by atoms with Crippen molar-refractivity contribution < 1.29 is 19.0 Å². The summed E-state index contributed by atoms with van der Waals surface area (Å²) in [6.07, 6.45) is 3.55. The summed E-state index contributed by atoms with van der Waals surface area (Å²) in [4.78, 5) is 32.8. The lowest BCUT2D eigenvalue weighted by Gasteiger charge is -2.24. The molecule has 1 atom stereocenters. The molecular weight excluding hydrogens is 584 g/mol. The van der Waals surface area contributed by atoms with E-state index in [4.69, 9.17) is 19.2 Å². The standard InChI is InChI=1S/C37H32N2O5S/c1-4-21-43-28-18-15-27(16-19-28)34-33(36(41)42-5-2)24(3)38-37-39(34)35(40)32(45-37)22-30-29-14-10-9-13-26(29)17-20-31(30)44-23-25-11-7-6-8-12-25/h4,6-20,22,34H,1,5,21,23H2,2-3H3/b32-22-/t34-/m0/s1. The molecule has 45 heavy (non-hydrogen) atoms. The van der Waals surface area contributed by atoms with Crippen molar-refractivity contribution in [1.82, 2.24) is 4.57 Å². The first kappa shape index (κ1) is 29.8. The molecule has 1 aromatic heterocycles. The predicted molar refractivity (Wildman–Crippen MR) is 177 cm³/mol. The third kappa shape index (κ3) is 6.10. The molecule has 226 valence electrons. The van der Waals surface area contributed by atoms with Crippen LogP contribution in [0.5, 0.6) is 11.5 Å². The molecular formula is C37H32N2O5S. The first-order valence-corrected chi connectivity index (χ1v) is 15.5. The van der Waals surface area contributed by atoms with Crippen LogP contribution < -0.4 is 24.4 Å². The van der Waals surface area contributed by atoms with E-state index < -0.39 is 12.0 Å². The van der Waals surface area contributed by atoms with Crippen LogP contribution in [0.2, 0.25) is 0 Å². The van der Waals surface area contributed by atoms with Crippen LogP contribution in [-0.2, 0) is 16.1 Å². The van der Waals surface area contributed by atoms with Gasteiger partial charge in [-0.05, 0) is 60.0 Å². The second-order valence-electron chi connectivity index (χ2n) is 10.4. The van der Waals surface area contributed by atoms with Gasteiger partial charge >= 0.3 is 5.97 Å². The van der Waals surface area contributed by atoms with Crippen molar-refractivity contribution in [1.29, 1.82) is 0 Å². The van der Waals surface area contributed by atoms with E-state index in [1.807, 2.05) is 97.1 Å². The predicted octanol–water partition coefficient (Wildman–Crippen LogP) is 6.10. The van der Waals surface area contributed by atoms with Crippen LogP contribution in [0.1, 0.15) is 36.6 Å². The van der Waals surface area contributed by atoms with Crippen LogP contribution in [0.3, 0.4) is 0 Å². The van der Waals surface area contributed by atoms with E-state index in [-0.39, 0.29) is 12.2 Å². The molecule has 0 saturated carbocycles. The van der Waals surface area contributed by atoms with E-state index in [2.05, 4.69) is 6.58 Å². The van der Waals surface area contributed by atoms with Gasteiger partial charge in [-0.2, -0.15) is 0 Å². The number of thiazole rings is 1. The Morgan fingerprint density at radius 2 is 1.73 bits per heavy atom. The number of allylic oxidation sites excluding steroid dienone is 1. The molecule has 8 heteroatoms. The minimum absolute atomic E-state index is 0.202. The number of rotatable bonds is 10. The Morgan fingerprint density at radius 1 is 0.978 bits per heavy atom. The van der Waals surface area contributed by atoms with Crippen LogP contribution in [0.4, 0.5) is 0 Å². The van der Waals surface area contributed by atoms with Crippen molar-refractivity contribution in [2.24, 2.45) is 4.99 Å². The monoisotopic (exact) mass is 616 g/mol. The number of fused-ring (bicyclic) bond motifs is 2. The maximum absolute atomic E-state index is 14.3. The van der Waals surface area contributed by atoms with Gasteiger partial charge in [-0.3, -0.25) is 9.36 Å². The second kappa shape index (κ2) is 13.2. The summed E-state index contributed by atoms with van der Waals surface area (Å²) in [7, 11) is 0. The quantitative estimate of drug-likeness (QED) is 0.140. The fraction of sp³-hybridized carbons (Fsp3) is 0.162. The number of hydrogen-bond acceptors (Lipinski definition) is 7. The molecule has 1 aliphatic rings. The van der Waals surface area contributed by atoms with Gasteiger partial charge in [0.05, 0.1) is 28.5 Å². The number of ether oxygens (including phenoxy) is 3. The van der Waals surface area contributed by atoms with Crippen molar-refractivity contribution >= 4 is 34.2 Å². The Kier molecular flexibility index (Phi) is 8.75. The van der Waals surface area contributed by atoms with Crippen molar-refractivity contribution in [3.05, 3.63) is 151 Å². The lowest BCUT2D eigenvalue weighted by atomic mass is 9.96. The van der Waals surface area contributed by atoms with Gasteiger partial charge in [0.1, 0.15) is 24.7 Å². The number of aromatic nitrogens is 1. The molecule has 1 aliphatic heterocycles. The molecule has 6 rings (SSSR count). The molecule has 7 nitrogen and oxygen atoms in total. The molecule has 0 aliphatic carbocycles. The molecule has 0 fully saturated rings. The molecule has 0 spiro atoms. The minimum atomic E-state index is -0.725. The number of carbonyl (C=O) groups is 1. The summed E-state index contributed by atoms with van der Waals surface area (Å²) in [5.74, 6) is 0.817. The Morgan fingerprint density at radius 3 is 2.49 bits per heavy atom. The number of hydrogen-bond donors (Lipinski definition) is 0. The minimum Gasteiger partial charge on any atom is -0.490 e. The van der Waals surface area contributed by atoms with Crippen molar-refractivity contribution in [3.8, 4) is 11.5 Å². The average Bonchev–Trinajstić information content (AvgIpc) is 3.37. The molecule has 0 saturated heterocycles. The average molecular weight is 617 g/mol. The van der Waals surface area contributed by atoms with Gasteiger partial charge in [0, 0.05) is 5.56 Å². The van der Waals surface area contributed by atoms with E-state index in [0.29, 0.717) is 45.3 Å². The number of esters is 1. The van der Waals surface area contributed by atoms with Crippen molar-refractivity contribution in [2.45, 2.75) is 26.5 Å². The van der Waals surface area contributed by atoms with Gasteiger partial charge in [0.2, 0.25) is 0 Å². The smallest absolute Gasteiger partial charge is 0.338 e. The zero-order valence-electron chi connectivity index (χ0n) is 25.1. The lowest BCUT2D eigenvalue weighted by Crippen LogP contribution is -2.39. The maximum atomic E-state index is 14.3. The van der Waals surface area contributed by atoms with Gasteiger partial charge in [-0.1, -0.05) is 96.8 Å². The van der Waals surface area contributed by atoms with E-state index in [0.717, 1.165) is 27.5 Å². The van der Waals surface area contributed by atoms with Gasteiger partial charge < -0.3 is 14.2 Å². The van der Waals surface area contributed by atoms with Gasteiger partial charge in [-0.25, -0.2) is 9.79 Å². The van der Waals surface area contributed by atoms with Gasteiger partial charge in [-0.15, -0.1) is 0 Å². The van der Waals surface area contributed by atoms with E-state index >= 15 is 0 Å². The summed E-state index contributed by atoms with van der Waals surface area (Å²) in [5, 5.41) is 1.99. The van der Waals surface area contributed by atoms with Crippen LogP contribution >= 0.6 is 11.3 Å². The molecule has 0 unspecified atom stereocenters. The molecule has 0 bridgehead atoms. The molecule has 5 aromatic rings. The normalized spacial score (nSPS) is 14.5. The number of carbonyl (C=O) groups excluding carboxylic acids is 1. The second-order valence-corrected chi connectivity index (χ2v) is 11.5. The topological polar surface area (TPSA) is 79.1 Å². The van der Waals surface area contributed by atoms with E-state index in [1.54, 1.807) is 24.5 Å². The van der Waals surface area contributed by atoms with Crippen LogP contribution in [0.25, 0.3) is 16.8 Å². The highest BCUT2D eigenvalue weighted by atomic mass is 32.1. The summed E-state index contributed by atoms with van der Waals surface area (Å²) >= 11 is 1.28. The summed E-state index contributed by atoms with van der Waals surface area (Å²) < 4.78 is 19.5. The first-order chi connectivity index (χ1) is 22.0. The highest BCUT2D eigenvalue weighted by molar-refractivity contribution is 7.07. The molecule has 4 aromatic carbocycles. The van der Waals surface area contributed by atoms with E-state index in [1.165, 1.54) is 11.3 Å². The zero-order chi connectivity index (χ0) is 31.3. The maximum Gasteiger partial charge on any atom is 0.338 e. The highest BCUT2D eigenvalue weighted by Gasteiger charge is 2.33. The largest absolute Gasteiger partial charge is 0.490 e. The first-order valence-electron chi connectivity index (χ1n) is 14.7. The van der Waals surface area contributed by atoms with Crippen molar-refractivity contribution in [3.63, 3.8) is 0 Å². The van der Waals surface area contributed by atoms with Crippen LogP contribution in [0.15, 0.2) is 125 Å². The van der Waals surface area contributed by atoms with Crippen LogP contribution in [-0.4, -0.2) is 23.8 Å². The Labute approximate surface area is 264 Å². The van der Waals surface area contributed by atoms with Crippen molar-refractivity contribution in [2.75, 3.05) is 13.2 Å². The molecule has 2 heterocycles. The molecule has 0 N–H and O–H groups in total. The Hall–Kier alpha value is -5.21. The van der Waals surface area contributed by atoms with Crippen LogP contribution in [0, 0.1) is 0 Å². The lowest BCUT2D eigenvalue weighted by molar-refractivity contribution is -0.139. The van der Waals surface area contributed by atoms with Gasteiger partial charge in [0.25, 0.3) is 5.56 Å².